The molecule has 0 aliphatic carbocycles. The second-order valence-corrected chi connectivity index (χ2v) is 3.94. The first kappa shape index (κ1) is 12.9. The van der Waals surface area contributed by atoms with Crippen molar-refractivity contribution in [2.45, 2.75) is 13.8 Å². The van der Waals surface area contributed by atoms with Gasteiger partial charge in [0.1, 0.15) is 11.5 Å². The van der Waals surface area contributed by atoms with Crippen LogP contribution in [0.2, 0.25) is 0 Å². The molecule has 0 fully saturated rings. The summed E-state index contributed by atoms with van der Waals surface area (Å²) in [6.07, 6.45) is 0. The minimum atomic E-state index is -0.454. The number of nitriles is 1. The van der Waals surface area contributed by atoms with Gasteiger partial charge in [-0.3, -0.25) is 10.1 Å². The van der Waals surface area contributed by atoms with Crippen molar-refractivity contribution in [3.63, 3.8) is 0 Å². The number of aromatic nitrogens is 1. The molecule has 0 aliphatic heterocycles. The Morgan fingerprint density at radius 3 is 2.76 bits per heavy atom. The maximum atomic E-state index is 10.6. The summed E-state index contributed by atoms with van der Waals surface area (Å²) in [5.41, 5.74) is 0.388. The lowest BCUT2D eigenvalue weighted by atomic mass is 10.2. The van der Waals surface area contributed by atoms with Crippen molar-refractivity contribution in [1.82, 2.24) is 4.98 Å². The monoisotopic (exact) mass is 234 g/mol. The maximum Gasteiger partial charge on any atom is 0.290 e. The summed E-state index contributed by atoms with van der Waals surface area (Å²) in [6, 6.07) is 5.16. The molecule has 1 aromatic heterocycles. The van der Waals surface area contributed by atoms with Crippen LogP contribution in [0.3, 0.4) is 0 Å². The molecule has 0 saturated heterocycles. The highest BCUT2D eigenvalue weighted by Gasteiger charge is 2.14. The molecule has 0 bridgehead atoms. The van der Waals surface area contributed by atoms with Crippen molar-refractivity contribution in [2.24, 2.45) is 5.92 Å². The minimum Gasteiger partial charge on any atom is -0.358 e. The number of hydrogen-bond donors (Lipinski definition) is 0. The Kier molecular flexibility index (Phi) is 3.99. The first-order valence-electron chi connectivity index (χ1n) is 5.18. The Labute approximate surface area is 99.6 Å². The van der Waals surface area contributed by atoms with Gasteiger partial charge in [-0.2, -0.15) is 5.26 Å². The van der Waals surface area contributed by atoms with Gasteiger partial charge in [-0.15, -0.1) is 0 Å². The van der Waals surface area contributed by atoms with Gasteiger partial charge in [0, 0.05) is 19.7 Å². The van der Waals surface area contributed by atoms with Crippen molar-refractivity contribution in [2.75, 3.05) is 18.5 Å². The molecule has 0 saturated carbocycles. The van der Waals surface area contributed by atoms with Crippen LogP contribution in [-0.4, -0.2) is 23.5 Å². The van der Waals surface area contributed by atoms with E-state index in [2.05, 4.69) is 11.1 Å². The molecule has 0 amide bonds. The first-order chi connectivity index (χ1) is 7.95. The SMILES string of the molecule is Cc1nc(N(C)CC(C)C#N)ccc1[N+](=O)[O-]. The molecule has 0 N–H and O–H groups in total. The quantitative estimate of drug-likeness (QED) is 0.586. The van der Waals surface area contributed by atoms with E-state index in [1.165, 1.54) is 6.07 Å². The summed E-state index contributed by atoms with van der Waals surface area (Å²) in [5.74, 6) is 0.521. The topological polar surface area (TPSA) is 83.1 Å². The fourth-order valence-corrected chi connectivity index (χ4v) is 1.49. The molecule has 6 nitrogen and oxygen atoms in total. The molecule has 0 aromatic carbocycles. The minimum absolute atomic E-state index is 0.00971. The van der Waals surface area contributed by atoms with E-state index in [0.29, 0.717) is 18.1 Å². The summed E-state index contributed by atoms with van der Waals surface area (Å²) in [7, 11) is 1.81. The molecule has 1 rings (SSSR count). The van der Waals surface area contributed by atoms with Crippen LogP contribution in [0.15, 0.2) is 12.1 Å². The van der Waals surface area contributed by atoms with Gasteiger partial charge in [0.15, 0.2) is 0 Å². The number of rotatable bonds is 4. The third kappa shape index (κ3) is 3.14. The molecule has 0 radical (unpaired) electrons. The molecular formula is C11H14N4O2. The van der Waals surface area contributed by atoms with Crippen LogP contribution in [-0.2, 0) is 0 Å². The van der Waals surface area contributed by atoms with Crippen molar-refractivity contribution >= 4 is 11.5 Å². The molecule has 1 heterocycles. The average Bonchev–Trinajstić information content (AvgIpc) is 2.28. The Morgan fingerprint density at radius 1 is 1.65 bits per heavy atom. The number of hydrogen-bond acceptors (Lipinski definition) is 5. The second-order valence-electron chi connectivity index (χ2n) is 3.94. The van der Waals surface area contributed by atoms with Crippen LogP contribution in [0.5, 0.6) is 0 Å². The number of pyridine rings is 1. The van der Waals surface area contributed by atoms with Crippen LogP contribution in [0, 0.1) is 34.3 Å². The van der Waals surface area contributed by atoms with E-state index in [1.54, 1.807) is 20.0 Å². The number of aryl methyl sites for hydroxylation is 1. The lowest BCUT2D eigenvalue weighted by molar-refractivity contribution is -0.385. The zero-order chi connectivity index (χ0) is 13.0. The van der Waals surface area contributed by atoms with Crippen LogP contribution >= 0.6 is 0 Å². The molecule has 1 aromatic rings. The fraction of sp³-hybridized carbons (Fsp3) is 0.455. The maximum absolute atomic E-state index is 10.6. The van der Waals surface area contributed by atoms with E-state index in [-0.39, 0.29) is 11.6 Å². The Bertz CT molecular complexity index is 467. The Balaban J connectivity index is 2.90. The van der Waals surface area contributed by atoms with Gasteiger partial charge in [-0.1, -0.05) is 0 Å². The zero-order valence-corrected chi connectivity index (χ0v) is 10.0. The van der Waals surface area contributed by atoms with Crippen LogP contribution in [0.1, 0.15) is 12.6 Å². The molecule has 6 heteroatoms. The predicted octanol–water partition coefficient (Wildman–Crippen LogP) is 1.89. The van der Waals surface area contributed by atoms with E-state index >= 15 is 0 Å². The summed E-state index contributed by atoms with van der Waals surface area (Å²) >= 11 is 0. The molecule has 0 spiro atoms. The average molecular weight is 234 g/mol. The van der Waals surface area contributed by atoms with E-state index in [4.69, 9.17) is 5.26 Å². The normalized spacial score (nSPS) is 11.6. The van der Waals surface area contributed by atoms with Crippen molar-refractivity contribution < 1.29 is 4.92 Å². The first-order valence-corrected chi connectivity index (χ1v) is 5.18. The van der Waals surface area contributed by atoms with Gasteiger partial charge in [0.25, 0.3) is 5.69 Å². The lowest BCUT2D eigenvalue weighted by Gasteiger charge is -2.19. The van der Waals surface area contributed by atoms with Crippen LogP contribution < -0.4 is 4.90 Å². The Morgan fingerprint density at radius 2 is 2.29 bits per heavy atom. The van der Waals surface area contributed by atoms with E-state index in [0.717, 1.165) is 0 Å². The molecule has 90 valence electrons. The van der Waals surface area contributed by atoms with Crippen LogP contribution in [0.4, 0.5) is 11.5 Å². The summed E-state index contributed by atoms with van der Waals surface area (Å²) < 4.78 is 0. The predicted molar refractivity (Wildman–Crippen MR) is 63.7 cm³/mol. The van der Waals surface area contributed by atoms with Crippen molar-refractivity contribution in [3.8, 4) is 6.07 Å². The number of anilines is 1. The van der Waals surface area contributed by atoms with E-state index in [1.807, 2.05) is 11.8 Å². The van der Waals surface area contributed by atoms with Gasteiger partial charge in [-0.25, -0.2) is 4.98 Å². The number of nitro groups is 1. The number of nitrogens with zero attached hydrogens (tertiary/aromatic N) is 4. The highest BCUT2D eigenvalue weighted by atomic mass is 16.6. The van der Waals surface area contributed by atoms with Crippen LogP contribution in [0.25, 0.3) is 0 Å². The molecule has 0 aliphatic rings. The van der Waals surface area contributed by atoms with Crippen molar-refractivity contribution in [3.05, 3.63) is 27.9 Å². The van der Waals surface area contributed by atoms with E-state index < -0.39 is 4.92 Å². The zero-order valence-electron chi connectivity index (χ0n) is 10.0. The van der Waals surface area contributed by atoms with Crippen molar-refractivity contribution in [1.29, 1.82) is 5.26 Å². The molecular weight excluding hydrogens is 220 g/mol. The molecule has 17 heavy (non-hydrogen) atoms. The highest BCUT2D eigenvalue weighted by Crippen LogP contribution is 2.20. The summed E-state index contributed by atoms with van der Waals surface area (Å²) in [5, 5.41) is 19.4. The standard InChI is InChI=1S/C11H14N4O2/c1-8(6-12)7-14(3)11-5-4-10(15(16)17)9(2)13-11/h4-5,8H,7H2,1-3H3. The highest BCUT2D eigenvalue weighted by molar-refractivity contribution is 5.46. The largest absolute Gasteiger partial charge is 0.358 e. The molecule has 1 atom stereocenters. The summed E-state index contributed by atoms with van der Waals surface area (Å²) in [4.78, 5) is 16.1. The Hall–Kier alpha value is -2.16. The van der Waals surface area contributed by atoms with Gasteiger partial charge in [-0.05, 0) is 19.9 Å². The fourth-order valence-electron chi connectivity index (χ4n) is 1.49. The van der Waals surface area contributed by atoms with Gasteiger partial charge < -0.3 is 4.90 Å². The molecule has 1 unspecified atom stereocenters. The van der Waals surface area contributed by atoms with Gasteiger partial charge in [0.2, 0.25) is 0 Å². The van der Waals surface area contributed by atoms with Gasteiger partial charge >= 0.3 is 0 Å². The second kappa shape index (κ2) is 5.25. The third-order valence-electron chi connectivity index (χ3n) is 2.40. The smallest absolute Gasteiger partial charge is 0.290 e. The van der Waals surface area contributed by atoms with Gasteiger partial charge in [0.05, 0.1) is 16.9 Å². The third-order valence-corrected chi connectivity index (χ3v) is 2.40. The lowest BCUT2D eigenvalue weighted by Crippen LogP contribution is -2.24. The van der Waals surface area contributed by atoms with E-state index in [9.17, 15) is 10.1 Å². The summed E-state index contributed by atoms with van der Waals surface area (Å²) in [6.45, 7) is 3.96.